The lowest BCUT2D eigenvalue weighted by atomic mass is 10.0. The lowest BCUT2D eigenvalue weighted by Crippen LogP contribution is -2.44. The highest BCUT2D eigenvalue weighted by Crippen LogP contribution is 2.28. The molecule has 0 aromatic heterocycles. The first-order chi connectivity index (χ1) is 11.7. The molecule has 1 aliphatic rings. The van der Waals surface area contributed by atoms with Gasteiger partial charge in [-0.3, -0.25) is 20.4 Å². The second-order valence-electron chi connectivity index (χ2n) is 5.87. The number of hydrogen-bond donors (Lipinski definition) is 2. The molecule has 1 saturated carbocycles. The number of rotatable bonds is 6. The molecule has 1 fully saturated rings. The molecule has 0 spiro atoms. The molecule has 0 saturated heterocycles. The van der Waals surface area contributed by atoms with Crippen molar-refractivity contribution in [2.75, 3.05) is 6.61 Å². The van der Waals surface area contributed by atoms with Gasteiger partial charge in [-0.2, -0.15) is 0 Å². The third kappa shape index (κ3) is 4.59. The number of ether oxygens (including phenoxy) is 1. The van der Waals surface area contributed by atoms with Crippen molar-refractivity contribution in [2.45, 2.75) is 19.3 Å². The van der Waals surface area contributed by atoms with E-state index in [0.717, 1.165) is 24.8 Å². The minimum atomic E-state index is -0.376. The van der Waals surface area contributed by atoms with E-state index in [-0.39, 0.29) is 24.3 Å². The Morgan fingerprint density at radius 3 is 2.42 bits per heavy atom. The van der Waals surface area contributed by atoms with E-state index < -0.39 is 0 Å². The van der Waals surface area contributed by atoms with Crippen LogP contribution in [0.3, 0.4) is 0 Å². The quantitative estimate of drug-likeness (QED) is 0.801. The fraction of sp³-hybridized carbons (Fsp3) is 0.263. The van der Waals surface area contributed by atoms with Gasteiger partial charge in [0, 0.05) is 12.3 Å². The van der Waals surface area contributed by atoms with Crippen LogP contribution in [-0.2, 0) is 16.0 Å². The third-order valence-electron chi connectivity index (χ3n) is 3.84. The summed E-state index contributed by atoms with van der Waals surface area (Å²) in [7, 11) is 0. The zero-order valence-electron chi connectivity index (χ0n) is 13.3. The molecular formula is C19H20N2O3. The maximum absolute atomic E-state index is 11.8. The van der Waals surface area contributed by atoms with Gasteiger partial charge in [0.05, 0.1) is 0 Å². The molecule has 2 N–H and O–H groups in total. The van der Waals surface area contributed by atoms with Crippen molar-refractivity contribution in [3.05, 3.63) is 65.7 Å². The molecule has 3 rings (SSSR count). The molecule has 2 aromatic carbocycles. The van der Waals surface area contributed by atoms with Crippen molar-refractivity contribution in [1.82, 2.24) is 10.9 Å². The van der Waals surface area contributed by atoms with Gasteiger partial charge in [0.2, 0.25) is 5.91 Å². The van der Waals surface area contributed by atoms with E-state index in [1.807, 2.05) is 42.5 Å². The Kier molecular flexibility index (Phi) is 5.11. The van der Waals surface area contributed by atoms with Crippen molar-refractivity contribution in [3.8, 4) is 5.75 Å². The van der Waals surface area contributed by atoms with Gasteiger partial charge in [-0.15, -0.1) is 0 Å². The van der Waals surface area contributed by atoms with Crippen LogP contribution in [0.25, 0.3) is 0 Å². The van der Waals surface area contributed by atoms with Crippen molar-refractivity contribution in [3.63, 3.8) is 0 Å². The molecule has 0 radical (unpaired) electrons. The van der Waals surface area contributed by atoms with Crippen LogP contribution in [0.15, 0.2) is 54.6 Å². The lowest BCUT2D eigenvalue weighted by Gasteiger charge is -2.12. The van der Waals surface area contributed by atoms with Gasteiger partial charge in [0.25, 0.3) is 5.91 Å². The summed E-state index contributed by atoms with van der Waals surface area (Å²) in [6, 6.07) is 17.7. The van der Waals surface area contributed by atoms with Gasteiger partial charge < -0.3 is 4.74 Å². The van der Waals surface area contributed by atoms with E-state index in [0.29, 0.717) is 5.75 Å². The SMILES string of the molecule is O=C(COc1ccccc1Cc1ccccc1)NNC(=O)C1CC1. The second kappa shape index (κ2) is 7.64. The molecule has 124 valence electrons. The van der Waals surface area contributed by atoms with Gasteiger partial charge in [0.1, 0.15) is 5.75 Å². The van der Waals surface area contributed by atoms with E-state index in [1.54, 1.807) is 0 Å². The molecule has 0 aliphatic heterocycles. The Labute approximate surface area is 141 Å². The average Bonchev–Trinajstić information content (AvgIpc) is 3.45. The summed E-state index contributed by atoms with van der Waals surface area (Å²) in [6.07, 6.45) is 2.52. The molecule has 5 heteroatoms. The summed E-state index contributed by atoms with van der Waals surface area (Å²) >= 11 is 0. The van der Waals surface area contributed by atoms with E-state index >= 15 is 0 Å². The van der Waals surface area contributed by atoms with E-state index in [9.17, 15) is 9.59 Å². The molecule has 24 heavy (non-hydrogen) atoms. The monoisotopic (exact) mass is 324 g/mol. The normalized spacial score (nSPS) is 13.2. The lowest BCUT2D eigenvalue weighted by molar-refractivity contribution is -0.130. The number of hydrazine groups is 1. The Hall–Kier alpha value is -2.82. The highest BCUT2D eigenvalue weighted by atomic mass is 16.5. The summed E-state index contributed by atoms with van der Waals surface area (Å²) in [5.74, 6) is 0.217. The standard InChI is InChI=1S/C19H20N2O3/c22-18(20-21-19(23)15-10-11-15)13-24-17-9-5-4-8-16(17)12-14-6-2-1-3-7-14/h1-9,15H,10-13H2,(H,20,22)(H,21,23). The van der Waals surface area contributed by atoms with Crippen LogP contribution in [0.1, 0.15) is 24.0 Å². The summed E-state index contributed by atoms with van der Waals surface area (Å²) in [5.41, 5.74) is 6.98. The Morgan fingerprint density at radius 2 is 1.67 bits per heavy atom. The minimum absolute atomic E-state index is 0.0535. The van der Waals surface area contributed by atoms with Gasteiger partial charge in [-0.05, 0) is 30.0 Å². The van der Waals surface area contributed by atoms with Crippen LogP contribution in [0.4, 0.5) is 0 Å². The Bertz CT molecular complexity index is 712. The van der Waals surface area contributed by atoms with Crippen molar-refractivity contribution < 1.29 is 14.3 Å². The first-order valence-corrected chi connectivity index (χ1v) is 8.05. The Balaban J connectivity index is 1.53. The van der Waals surface area contributed by atoms with Crippen LogP contribution >= 0.6 is 0 Å². The number of para-hydroxylation sites is 1. The molecular weight excluding hydrogens is 304 g/mol. The summed E-state index contributed by atoms with van der Waals surface area (Å²) in [5, 5.41) is 0. The number of benzene rings is 2. The fourth-order valence-electron chi connectivity index (χ4n) is 2.36. The fourth-order valence-corrected chi connectivity index (χ4v) is 2.36. The number of hydrogen-bond acceptors (Lipinski definition) is 3. The minimum Gasteiger partial charge on any atom is -0.483 e. The van der Waals surface area contributed by atoms with Crippen LogP contribution in [0, 0.1) is 5.92 Å². The van der Waals surface area contributed by atoms with Crippen molar-refractivity contribution in [1.29, 1.82) is 0 Å². The highest BCUT2D eigenvalue weighted by Gasteiger charge is 2.29. The van der Waals surface area contributed by atoms with Gasteiger partial charge in [0.15, 0.2) is 6.61 Å². The first kappa shape index (κ1) is 16.1. The van der Waals surface area contributed by atoms with Crippen LogP contribution < -0.4 is 15.6 Å². The van der Waals surface area contributed by atoms with Gasteiger partial charge >= 0.3 is 0 Å². The molecule has 2 aromatic rings. The highest BCUT2D eigenvalue weighted by molar-refractivity contribution is 5.85. The van der Waals surface area contributed by atoms with Crippen molar-refractivity contribution in [2.24, 2.45) is 5.92 Å². The predicted molar refractivity (Wildman–Crippen MR) is 90.2 cm³/mol. The van der Waals surface area contributed by atoms with Crippen molar-refractivity contribution >= 4 is 11.8 Å². The van der Waals surface area contributed by atoms with Crippen LogP contribution in [0.5, 0.6) is 5.75 Å². The summed E-state index contributed by atoms with van der Waals surface area (Å²) in [4.78, 5) is 23.3. The average molecular weight is 324 g/mol. The smallest absolute Gasteiger partial charge is 0.276 e. The maximum atomic E-state index is 11.8. The number of amides is 2. The van der Waals surface area contributed by atoms with E-state index in [1.165, 1.54) is 5.56 Å². The van der Waals surface area contributed by atoms with Gasteiger partial charge in [-0.1, -0.05) is 48.5 Å². The molecule has 0 unspecified atom stereocenters. The number of carbonyl (C=O) groups excluding carboxylic acids is 2. The zero-order chi connectivity index (χ0) is 16.8. The van der Waals surface area contributed by atoms with Crippen LogP contribution in [-0.4, -0.2) is 18.4 Å². The molecule has 0 bridgehead atoms. The topological polar surface area (TPSA) is 67.4 Å². The van der Waals surface area contributed by atoms with Gasteiger partial charge in [-0.25, -0.2) is 0 Å². The van der Waals surface area contributed by atoms with Crippen LogP contribution in [0.2, 0.25) is 0 Å². The zero-order valence-corrected chi connectivity index (χ0v) is 13.3. The maximum Gasteiger partial charge on any atom is 0.276 e. The molecule has 0 atom stereocenters. The molecule has 5 nitrogen and oxygen atoms in total. The molecule has 0 heterocycles. The van der Waals surface area contributed by atoms with E-state index in [2.05, 4.69) is 23.0 Å². The number of nitrogens with one attached hydrogen (secondary N) is 2. The summed E-state index contributed by atoms with van der Waals surface area (Å²) in [6.45, 7) is -0.142. The predicted octanol–water partition coefficient (Wildman–Crippen LogP) is 2.21. The van der Waals surface area contributed by atoms with E-state index in [4.69, 9.17) is 4.74 Å². The summed E-state index contributed by atoms with van der Waals surface area (Å²) < 4.78 is 5.62. The molecule has 1 aliphatic carbocycles. The molecule has 2 amide bonds. The second-order valence-corrected chi connectivity index (χ2v) is 5.87. The Morgan fingerprint density at radius 1 is 0.958 bits per heavy atom. The number of carbonyl (C=O) groups is 2. The largest absolute Gasteiger partial charge is 0.483 e. The first-order valence-electron chi connectivity index (χ1n) is 8.05. The third-order valence-corrected chi connectivity index (χ3v) is 3.84.